The zero-order valence-electron chi connectivity index (χ0n) is 30.7. The number of fused-ring (bicyclic) bond motifs is 1. The topological polar surface area (TPSA) is 112 Å². The van der Waals surface area contributed by atoms with E-state index in [0.29, 0.717) is 38.0 Å². The van der Waals surface area contributed by atoms with Gasteiger partial charge in [0, 0.05) is 43.2 Å². The number of hydrogen-bond donors (Lipinski definition) is 4. The van der Waals surface area contributed by atoms with E-state index in [1.54, 1.807) is 0 Å². The smallest absolute Gasteiger partial charge is 0.315 e. The standard InChI is InChI=1S/C42H56N4O5/c1-5-43-41(49)44-25-29-10-8-12-32(22-29)33-13-9-14-34(23-33)40-50-35(24-38(51-40)31-18-16-28(27-47)17-19-31)26-46-36-15-7-6-11-30(36)20-21-37(46)39(48)45-42(2,3)4/h8-10,12-14,16-19,22-23,30,35-38,40,47H,5-7,11,15,20-21,24-27H2,1-4H3,(H,45,48)(H2,43,44,49)/t30-,35-,36-,37-,38+,40+/m1/s1. The van der Waals surface area contributed by atoms with Gasteiger partial charge >= 0.3 is 6.03 Å². The highest BCUT2D eigenvalue weighted by atomic mass is 16.7. The normalized spacial score (nSPS) is 25.4. The van der Waals surface area contributed by atoms with E-state index < -0.39 is 6.29 Å². The van der Waals surface area contributed by atoms with E-state index in [1.807, 2.05) is 70.2 Å². The van der Waals surface area contributed by atoms with E-state index in [4.69, 9.17) is 9.47 Å². The van der Waals surface area contributed by atoms with E-state index in [-0.39, 0.29) is 42.3 Å². The third-order valence-corrected chi connectivity index (χ3v) is 10.5. The molecule has 4 N–H and O–H groups in total. The second kappa shape index (κ2) is 16.7. The molecule has 6 atom stereocenters. The molecule has 3 amide bonds. The number of carbonyl (C=O) groups excluding carboxylic acids is 2. The number of aliphatic hydroxyl groups excluding tert-OH is 1. The average Bonchev–Trinajstić information content (AvgIpc) is 3.13. The van der Waals surface area contributed by atoms with Crippen LogP contribution in [0.1, 0.15) is 107 Å². The first-order valence-electron chi connectivity index (χ1n) is 18.9. The lowest BCUT2D eigenvalue weighted by molar-refractivity contribution is -0.255. The van der Waals surface area contributed by atoms with Crippen molar-refractivity contribution in [3.8, 4) is 11.1 Å². The number of likely N-dealkylation sites (tertiary alicyclic amines) is 1. The van der Waals surface area contributed by atoms with Gasteiger partial charge in [0.1, 0.15) is 0 Å². The first kappa shape index (κ1) is 37.0. The van der Waals surface area contributed by atoms with Crippen molar-refractivity contribution in [1.29, 1.82) is 0 Å². The number of urea groups is 1. The Kier molecular flexibility index (Phi) is 12.1. The van der Waals surface area contributed by atoms with E-state index >= 15 is 0 Å². The predicted molar refractivity (Wildman–Crippen MR) is 200 cm³/mol. The molecule has 3 aromatic carbocycles. The van der Waals surface area contributed by atoms with Crippen molar-refractivity contribution < 1.29 is 24.2 Å². The van der Waals surface area contributed by atoms with Crippen molar-refractivity contribution in [3.63, 3.8) is 0 Å². The Hall–Kier alpha value is -3.76. The summed E-state index contributed by atoms with van der Waals surface area (Å²) in [6.45, 7) is 9.70. The minimum atomic E-state index is -0.609. The molecule has 9 heteroatoms. The van der Waals surface area contributed by atoms with Crippen LogP contribution in [-0.4, -0.2) is 58.8 Å². The van der Waals surface area contributed by atoms with Crippen LogP contribution in [0, 0.1) is 5.92 Å². The minimum absolute atomic E-state index is 0.00824. The fraction of sp³-hybridized carbons (Fsp3) is 0.524. The minimum Gasteiger partial charge on any atom is -0.392 e. The monoisotopic (exact) mass is 696 g/mol. The van der Waals surface area contributed by atoms with Crippen LogP contribution in [0.25, 0.3) is 11.1 Å². The molecule has 0 unspecified atom stereocenters. The molecule has 274 valence electrons. The fourth-order valence-corrected chi connectivity index (χ4v) is 8.13. The Bertz CT molecular complexity index is 1620. The van der Waals surface area contributed by atoms with Gasteiger partial charge in [-0.3, -0.25) is 9.69 Å². The van der Waals surface area contributed by atoms with Gasteiger partial charge in [-0.25, -0.2) is 4.79 Å². The van der Waals surface area contributed by atoms with E-state index in [2.05, 4.69) is 51.2 Å². The molecule has 6 rings (SSSR count). The van der Waals surface area contributed by atoms with Crippen LogP contribution in [0.3, 0.4) is 0 Å². The summed E-state index contributed by atoms with van der Waals surface area (Å²) in [5.41, 5.74) is 5.61. The molecule has 0 radical (unpaired) electrons. The number of nitrogens with one attached hydrogen (secondary N) is 3. The number of nitrogens with zero attached hydrogens (tertiary/aromatic N) is 1. The lowest BCUT2D eigenvalue weighted by atomic mass is 9.75. The highest BCUT2D eigenvalue weighted by Crippen LogP contribution is 2.42. The summed E-state index contributed by atoms with van der Waals surface area (Å²) in [4.78, 5) is 28.3. The summed E-state index contributed by atoms with van der Waals surface area (Å²) in [5, 5.41) is 18.7. The van der Waals surface area contributed by atoms with Gasteiger partial charge in [0.05, 0.1) is 24.9 Å². The number of ether oxygens (including phenoxy) is 2. The molecule has 51 heavy (non-hydrogen) atoms. The van der Waals surface area contributed by atoms with E-state index in [1.165, 1.54) is 19.3 Å². The van der Waals surface area contributed by atoms with Crippen LogP contribution in [0.4, 0.5) is 4.79 Å². The first-order chi connectivity index (χ1) is 24.6. The Morgan fingerprint density at radius 1 is 0.843 bits per heavy atom. The quantitative estimate of drug-likeness (QED) is 0.179. The van der Waals surface area contributed by atoms with Crippen LogP contribution in [0.2, 0.25) is 0 Å². The predicted octanol–water partition coefficient (Wildman–Crippen LogP) is 7.15. The highest BCUT2D eigenvalue weighted by molar-refractivity contribution is 5.82. The number of carbonyl (C=O) groups is 2. The second-order valence-corrected chi connectivity index (χ2v) is 15.5. The number of amides is 3. The molecule has 0 bridgehead atoms. The molecule has 3 fully saturated rings. The molecular formula is C42H56N4O5. The number of rotatable bonds is 10. The van der Waals surface area contributed by atoms with E-state index in [0.717, 1.165) is 52.6 Å². The van der Waals surface area contributed by atoms with Crippen LogP contribution in [0.15, 0.2) is 72.8 Å². The summed E-state index contributed by atoms with van der Waals surface area (Å²) < 4.78 is 13.7. The van der Waals surface area contributed by atoms with Gasteiger partial charge in [-0.05, 0) is 99.2 Å². The van der Waals surface area contributed by atoms with Crippen molar-refractivity contribution in [3.05, 3.63) is 95.1 Å². The highest BCUT2D eigenvalue weighted by Gasteiger charge is 2.44. The number of hydrogen-bond acceptors (Lipinski definition) is 6. The van der Waals surface area contributed by atoms with Crippen LogP contribution in [0.5, 0.6) is 0 Å². The Labute approximate surface area is 303 Å². The molecule has 1 aliphatic carbocycles. The van der Waals surface area contributed by atoms with Gasteiger partial charge in [0.15, 0.2) is 6.29 Å². The van der Waals surface area contributed by atoms with Crippen molar-refractivity contribution in [2.24, 2.45) is 5.92 Å². The average molecular weight is 697 g/mol. The van der Waals surface area contributed by atoms with Crippen molar-refractivity contribution in [2.45, 2.75) is 122 Å². The zero-order valence-corrected chi connectivity index (χ0v) is 30.7. The molecule has 2 aliphatic heterocycles. The molecule has 3 aliphatic rings. The number of piperidine rings is 1. The third kappa shape index (κ3) is 9.57. The summed E-state index contributed by atoms with van der Waals surface area (Å²) in [6.07, 6.45) is 6.42. The van der Waals surface area contributed by atoms with Gasteiger partial charge in [-0.15, -0.1) is 0 Å². The zero-order chi connectivity index (χ0) is 36.0. The third-order valence-electron chi connectivity index (χ3n) is 10.5. The summed E-state index contributed by atoms with van der Waals surface area (Å²) in [7, 11) is 0. The molecule has 2 heterocycles. The van der Waals surface area contributed by atoms with Gasteiger partial charge < -0.3 is 30.5 Å². The summed E-state index contributed by atoms with van der Waals surface area (Å²) in [6, 6.07) is 24.5. The maximum Gasteiger partial charge on any atom is 0.315 e. The van der Waals surface area contributed by atoms with Gasteiger partial charge in [-0.1, -0.05) is 73.5 Å². The summed E-state index contributed by atoms with van der Waals surface area (Å²) >= 11 is 0. The fourth-order valence-electron chi connectivity index (χ4n) is 8.13. The van der Waals surface area contributed by atoms with Gasteiger partial charge in [0.25, 0.3) is 0 Å². The second-order valence-electron chi connectivity index (χ2n) is 15.5. The van der Waals surface area contributed by atoms with Gasteiger partial charge in [-0.2, -0.15) is 0 Å². The molecule has 0 aromatic heterocycles. The Balaban J connectivity index is 1.27. The van der Waals surface area contributed by atoms with Crippen LogP contribution < -0.4 is 16.0 Å². The van der Waals surface area contributed by atoms with Crippen molar-refractivity contribution >= 4 is 11.9 Å². The molecule has 0 spiro atoms. The SMILES string of the molecule is CCNC(=O)NCc1cccc(-c2cccc([C@H]3O[C@@H](CN4[C@@H](C(=O)NC(C)(C)C)CC[C@H]5CCCC[C@H]54)C[C@@H](c4ccc(CO)cc4)O3)c2)c1. The molecule has 9 nitrogen and oxygen atoms in total. The summed E-state index contributed by atoms with van der Waals surface area (Å²) in [5.74, 6) is 0.723. The number of aliphatic hydroxyl groups is 1. The Morgan fingerprint density at radius 3 is 2.33 bits per heavy atom. The lowest BCUT2D eigenvalue weighted by Crippen LogP contribution is -2.61. The maximum absolute atomic E-state index is 13.8. The lowest BCUT2D eigenvalue weighted by Gasteiger charge is -2.50. The van der Waals surface area contributed by atoms with Crippen LogP contribution >= 0.6 is 0 Å². The largest absolute Gasteiger partial charge is 0.392 e. The molecule has 3 aromatic rings. The first-order valence-corrected chi connectivity index (χ1v) is 18.9. The Morgan fingerprint density at radius 2 is 1.59 bits per heavy atom. The van der Waals surface area contributed by atoms with Crippen molar-refractivity contribution in [2.75, 3.05) is 13.1 Å². The van der Waals surface area contributed by atoms with Crippen molar-refractivity contribution in [1.82, 2.24) is 20.9 Å². The number of benzene rings is 3. The van der Waals surface area contributed by atoms with E-state index in [9.17, 15) is 14.7 Å². The maximum atomic E-state index is 13.8. The molecule has 1 saturated carbocycles. The van der Waals surface area contributed by atoms with Gasteiger partial charge in [0.2, 0.25) is 5.91 Å². The van der Waals surface area contributed by atoms with Crippen LogP contribution in [-0.2, 0) is 27.4 Å². The molecule has 2 saturated heterocycles. The molecular weight excluding hydrogens is 640 g/mol.